The van der Waals surface area contributed by atoms with Crippen molar-refractivity contribution in [3.8, 4) is 11.6 Å². The molecule has 1 aromatic heterocycles. The van der Waals surface area contributed by atoms with E-state index in [1.54, 1.807) is 18.6 Å². The van der Waals surface area contributed by atoms with E-state index in [0.29, 0.717) is 31.1 Å². The third-order valence-corrected chi connectivity index (χ3v) is 4.38. The van der Waals surface area contributed by atoms with Gasteiger partial charge in [0.05, 0.1) is 19.3 Å². The fourth-order valence-corrected chi connectivity index (χ4v) is 2.94. The maximum atomic E-state index is 12.7. The number of carbonyl (C=O) groups is 1. The number of hydrogen-bond acceptors (Lipinski definition) is 5. The van der Waals surface area contributed by atoms with Gasteiger partial charge in [-0.25, -0.2) is 4.98 Å². The van der Waals surface area contributed by atoms with Crippen molar-refractivity contribution < 1.29 is 14.3 Å². The largest absolute Gasteiger partial charge is 0.494 e. The van der Waals surface area contributed by atoms with Gasteiger partial charge in [0.25, 0.3) is 5.91 Å². The van der Waals surface area contributed by atoms with Crippen molar-refractivity contribution in [2.45, 2.75) is 38.7 Å². The lowest BCUT2D eigenvalue weighted by atomic mass is 10.2. The van der Waals surface area contributed by atoms with Crippen LogP contribution in [0.2, 0.25) is 0 Å². The molecule has 0 spiro atoms. The zero-order chi connectivity index (χ0) is 18.2. The summed E-state index contributed by atoms with van der Waals surface area (Å²) in [7, 11) is 0. The number of carbonyl (C=O) groups excluding carboxylic acids is 1. The summed E-state index contributed by atoms with van der Waals surface area (Å²) in [6.45, 7) is 4.12. The Balaban J connectivity index is 1.50. The van der Waals surface area contributed by atoms with Crippen molar-refractivity contribution in [3.05, 3.63) is 48.4 Å². The van der Waals surface area contributed by atoms with Gasteiger partial charge in [-0.05, 0) is 30.7 Å². The van der Waals surface area contributed by atoms with E-state index in [2.05, 4.69) is 16.9 Å². The summed E-state index contributed by atoms with van der Waals surface area (Å²) in [4.78, 5) is 22.6. The number of aromatic nitrogens is 2. The molecule has 0 aliphatic carbocycles. The Morgan fingerprint density at radius 3 is 2.81 bits per heavy atom. The van der Waals surface area contributed by atoms with Gasteiger partial charge >= 0.3 is 0 Å². The summed E-state index contributed by atoms with van der Waals surface area (Å²) < 4.78 is 11.5. The van der Waals surface area contributed by atoms with Crippen molar-refractivity contribution in [2.75, 3.05) is 19.7 Å². The van der Waals surface area contributed by atoms with E-state index in [4.69, 9.17) is 9.47 Å². The molecule has 1 saturated heterocycles. The summed E-state index contributed by atoms with van der Waals surface area (Å²) in [6, 6.07) is 7.38. The van der Waals surface area contributed by atoms with Crippen LogP contribution in [-0.2, 0) is 0 Å². The molecule has 3 rings (SSSR count). The maximum absolute atomic E-state index is 12.7. The van der Waals surface area contributed by atoms with Crippen LogP contribution >= 0.6 is 0 Å². The second kappa shape index (κ2) is 9.17. The molecule has 0 radical (unpaired) electrons. The first-order valence-electron chi connectivity index (χ1n) is 9.21. The smallest absolute Gasteiger partial charge is 0.253 e. The van der Waals surface area contributed by atoms with Gasteiger partial charge in [0.15, 0.2) is 0 Å². The van der Waals surface area contributed by atoms with Crippen molar-refractivity contribution in [1.29, 1.82) is 0 Å². The highest BCUT2D eigenvalue weighted by molar-refractivity contribution is 5.94. The SMILES string of the molecule is CCCCCOc1ccc(C(=O)N2CCC(Oc3cnccn3)C2)cc1. The number of amides is 1. The number of ether oxygens (including phenoxy) is 2. The highest BCUT2D eigenvalue weighted by atomic mass is 16.5. The van der Waals surface area contributed by atoms with Crippen LogP contribution in [0.3, 0.4) is 0 Å². The predicted molar refractivity (Wildman–Crippen MR) is 98.4 cm³/mol. The third kappa shape index (κ3) is 4.94. The van der Waals surface area contributed by atoms with Gasteiger partial charge < -0.3 is 14.4 Å². The third-order valence-electron chi connectivity index (χ3n) is 4.38. The Morgan fingerprint density at radius 1 is 1.23 bits per heavy atom. The molecule has 1 atom stereocenters. The van der Waals surface area contributed by atoms with Crippen LogP contribution < -0.4 is 9.47 Å². The fraction of sp³-hybridized carbons (Fsp3) is 0.450. The van der Waals surface area contributed by atoms with Crippen molar-refractivity contribution in [1.82, 2.24) is 14.9 Å². The first-order chi connectivity index (χ1) is 12.8. The lowest BCUT2D eigenvalue weighted by molar-refractivity contribution is 0.0771. The van der Waals surface area contributed by atoms with Crippen molar-refractivity contribution >= 4 is 5.91 Å². The standard InChI is InChI=1S/C20H25N3O3/c1-2-3-4-13-25-17-7-5-16(6-8-17)20(24)23-12-9-18(15-23)26-19-14-21-10-11-22-19/h5-8,10-11,14,18H,2-4,9,12-13,15H2,1H3. The van der Waals surface area contributed by atoms with E-state index in [1.165, 1.54) is 12.8 Å². The number of benzene rings is 1. The van der Waals surface area contributed by atoms with Crippen LogP contribution in [0.4, 0.5) is 0 Å². The lowest BCUT2D eigenvalue weighted by Gasteiger charge is -2.17. The number of hydrogen-bond donors (Lipinski definition) is 0. The van der Waals surface area contributed by atoms with Crippen molar-refractivity contribution in [3.63, 3.8) is 0 Å². The van der Waals surface area contributed by atoms with E-state index in [0.717, 1.165) is 18.6 Å². The number of rotatable bonds is 8. The van der Waals surface area contributed by atoms with E-state index in [1.807, 2.05) is 29.2 Å². The zero-order valence-corrected chi connectivity index (χ0v) is 15.1. The molecule has 1 unspecified atom stereocenters. The highest BCUT2D eigenvalue weighted by Gasteiger charge is 2.28. The quantitative estimate of drug-likeness (QED) is 0.680. The molecule has 0 saturated carbocycles. The molecular weight excluding hydrogens is 330 g/mol. The molecule has 26 heavy (non-hydrogen) atoms. The molecule has 6 nitrogen and oxygen atoms in total. The average Bonchev–Trinajstić information content (AvgIpc) is 3.14. The molecular formula is C20H25N3O3. The maximum Gasteiger partial charge on any atom is 0.253 e. The van der Waals surface area contributed by atoms with Crippen molar-refractivity contribution in [2.24, 2.45) is 0 Å². The molecule has 1 fully saturated rings. The van der Waals surface area contributed by atoms with E-state index < -0.39 is 0 Å². The zero-order valence-electron chi connectivity index (χ0n) is 15.1. The monoisotopic (exact) mass is 355 g/mol. The Hall–Kier alpha value is -2.63. The van der Waals surface area contributed by atoms with Crippen LogP contribution in [-0.4, -0.2) is 46.6 Å². The average molecular weight is 355 g/mol. The van der Waals surface area contributed by atoms with Gasteiger partial charge in [0, 0.05) is 30.9 Å². The van der Waals surface area contributed by atoms with Crippen LogP contribution in [0.15, 0.2) is 42.9 Å². The summed E-state index contributed by atoms with van der Waals surface area (Å²) in [5, 5.41) is 0. The van der Waals surface area contributed by atoms with Gasteiger partial charge in [-0.1, -0.05) is 19.8 Å². The molecule has 138 valence electrons. The Bertz CT molecular complexity index is 691. The van der Waals surface area contributed by atoms with Gasteiger partial charge in [-0.3, -0.25) is 9.78 Å². The van der Waals surface area contributed by atoms with E-state index in [9.17, 15) is 4.79 Å². The molecule has 1 amide bonds. The van der Waals surface area contributed by atoms with Crippen LogP contribution in [0.25, 0.3) is 0 Å². The molecule has 1 aromatic carbocycles. The summed E-state index contributed by atoms with van der Waals surface area (Å²) in [5.74, 6) is 1.33. The molecule has 2 heterocycles. The second-order valence-corrected chi connectivity index (χ2v) is 6.40. The van der Waals surface area contributed by atoms with Gasteiger partial charge in [0.1, 0.15) is 11.9 Å². The first-order valence-corrected chi connectivity index (χ1v) is 9.21. The van der Waals surface area contributed by atoms with Gasteiger partial charge in [-0.15, -0.1) is 0 Å². The Kier molecular flexibility index (Phi) is 6.41. The van der Waals surface area contributed by atoms with Crippen LogP contribution in [0.5, 0.6) is 11.6 Å². The number of unbranched alkanes of at least 4 members (excludes halogenated alkanes) is 2. The predicted octanol–water partition coefficient (Wildman–Crippen LogP) is 3.34. The molecule has 0 N–H and O–H groups in total. The molecule has 0 bridgehead atoms. The van der Waals surface area contributed by atoms with Crippen LogP contribution in [0, 0.1) is 0 Å². The minimum absolute atomic E-state index is 0.0211. The minimum atomic E-state index is -0.0446. The second-order valence-electron chi connectivity index (χ2n) is 6.40. The van der Waals surface area contributed by atoms with Gasteiger partial charge in [-0.2, -0.15) is 0 Å². The number of likely N-dealkylation sites (tertiary alicyclic amines) is 1. The molecule has 1 aliphatic heterocycles. The molecule has 1 aliphatic rings. The summed E-state index contributed by atoms with van der Waals surface area (Å²) >= 11 is 0. The van der Waals surface area contributed by atoms with Crippen LogP contribution in [0.1, 0.15) is 43.0 Å². The summed E-state index contributed by atoms with van der Waals surface area (Å²) in [5.41, 5.74) is 0.672. The number of nitrogens with zero attached hydrogens (tertiary/aromatic N) is 3. The normalized spacial score (nSPS) is 16.5. The lowest BCUT2D eigenvalue weighted by Crippen LogP contribution is -2.31. The molecule has 6 heteroatoms. The first kappa shape index (κ1) is 18.2. The topological polar surface area (TPSA) is 64.5 Å². The fourth-order valence-electron chi connectivity index (χ4n) is 2.94. The minimum Gasteiger partial charge on any atom is -0.494 e. The van der Waals surface area contributed by atoms with E-state index >= 15 is 0 Å². The molecule has 2 aromatic rings. The highest BCUT2D eigenvalue weighted by Crippen LogP contribution is 2.19. The summed E-state index contributed by atoms with van der Waals surface area (Å²) in [6.07, 6.45) is 8.94. The van der Waals surface area contributed by atoms with Gasteiger partial charge in [0.2, 0.25) is 5.88 Å². The Morgan fingerprint density at radius 2 is 2.08 bits per heavy atom. The van der Waals surface area contributed by atoms with E-state index in [-0.39, 0.29) is 12.0 Å². The Labute approximate surface area is 154 Å².